The lowest BCUT2D eigenvalue weighted by molar-refractivity contribution is -0.130. The number of carbonyl (C=O) groups excluding carboxylic acids is 1. The van der Waals surface area contributed by atoms with Crippen LogP contribution in [0.15, 0.2) is 34.1 Å². The quantitative estimate of drug-likeness (QED) is 0.434. The molecule has 2 fully saturated rings. The molecule has 1 aromatic carbocycles. The molecule has 1 amide bonds. The third kappa shape index (κ3) is 6.65. The number of amides is 1. The molecule has 0 radical (unpaired) electrons. The van der Waals surface area contributed by atoms with Crippen LogP contribution < -0.4 is 21.1 Å². The normalized spacial score (nSPS) is 22.1. The van der Waals surface area contributed by atoms with Crippen molar-refractivity contribution in [1.82, 2.24) is 15.0 Å². The van der Waals surface area contributed by atoms with E-state index in [4.69, 9.17) is 20.7 Å². The molecule has 0 spiro atoms. The van der Waals surface area contributed by atoms with Crippen molar-refractivity contribution in [3.63, 3.8) is 0 Å². The lowest BCUT2D eigenvalue weighted by atomic mass is 9.90. The minimum Gasteiger partial charge on any atom is -0.493 e. The smallest absolute Gasteiger partial charge is 0.324 e. The van der Waals surface area contributed by atoms with Gasteiger partial charge in [0.2, 0.25) is 5.91 Å². The summed E-state index contributed by atoms with van der Waals surface area (Å²) in [5.41, 5.74) is 13.2. The molecule has 212 valence electrons. The van der Waals surface area contributed by atoms with Gasteiger partial charge in [-0.1, -0.05) is 25.1 Å². The molecule has 1 aromatic heterocycles. The van der Waals surface area contributed by atoms with Crippen molar-refractivity contribution < 1.29 is 18.4 Å². The summed E-state index contributed by atoms with van der Waals surface area (Å²) in [5, 5.41) is 4.09. The van der Waals surface area contributed by atoms with E-state index < -0.39 is 5.82 Å². The number of ether oxygens (including phenoxy) is 1. The van der Waals surface area contributed by atoms with Crippen LogP contribution >= 0.6 is 0 Å². The van der Waals surface area contributed by atoms with Gasteiger partial charge < -0.3 is 30.5 Å². The third-order valence-electron chi connectivity index (χ3n) is 8.47. The van der Waals surface area contributed by atoms with E-state index in [1.807, 2.05) is 0 Å². The van der Waals surface area contributed by atoms with Gasteiger partial charge in [0.1, 0.15) is 11.6 Å². The first kappa shape index (κ1) is 27.3. The van der Waals surface area contributed by atoms with E-state index >= 15 is 0 Å². The number of hydrogen-bond donors (Lipinski definition) is 2. The van der Waals surface area contributed by atoms with E-state index in [0.717, 1.165) is 49.5 Å². The molecule has 9 nitrogen and oxygen atoms in total. The number of nitrogens with zero attached hydrogens (tertiary/aromatic N) is 4. The van der Waals surface area contributed by atoms with Gasteiger partial charge >= 0.3 is 6.01 Å². The predicted molar refractivity (Wildman–Crippen MR) is 146 cm³/mol. The van der Waals surface area contributed by atoms with Gasteiger partial charge in [0.15, 0.2) is 5.82 Å². The van der Waals surface area contributed by atoms with Gasteiger partial charge in [0.05, 0.1) is 19.6 Å². The Labute approximate surface area is 229 Å². The maximum atomic E-state index is 14.7. The molecule has 5 rings (SSSR count). The Morgan fingerprint density at radius 1 is 1.21 bits per heavy atom. The highest BCUT2D eigenvalue weighted by atomic mass is 19.1. The molecule has 0 bridgehead atoms. The van der Waals surface area contributed by atoms with Gasteiger partial charge in [-0.2, -0.15) is 4.98 Å². The van der Waals surface area contributed by atoms with Crippen molar-refractivity contribution >= 4 is 11.9 Å². The van der Waals surface area contributed by atoms with Gasteiger partial charge in [-0.15, -0.1) is 0 Å². The molecule has 39 heavy (non-hydrogen) atoms. The fourth-order valence-corrected chi connectivity index (χ4v) is 5.88. The maximum Gasteiger partial charge on any atom is 0.324 e. The maximum absolute atomic E-state index is 14.7. The first-order chi connectivity index (χ1) is 18.8. The molecule has 2 aliphatic heterocycles. The van der Waals surface area contributed by atoms with Crippen LogP contribution in [0.4, 0.5) is 10.4 Å². The summed E-state index contributed by atoms with van der Waals surface area (Å²) in [5.74, 6) is 3.30. The molecule has 0 unspecified atom stereocenters. The second kappa shape index (κ2) is 11.8. The standard InChI is InChI=1S/C29H41FN6O3/c1-18(2)28-33-29(39-34-28)35-10-7-19(8-11-35)23-14-20(23)4-3-13-38-22-6-5-21(24(30)16-22)15-27(37)36-12-9-25(31)26(32)17-36/h5-6,16,18-20,23H,3-4,7-15,17,31-32H2,1-2H3/t20-,23-/m1/s1. The molecule has 1 saturated carbocycles. The number of anilines is 1. The van der Waals surface area contributed by atoms with Crippen LogP contribution in [0.2, 0.25) is 0 Å². The van der Waals surface area contributed by atoms with Crippen LogP contribution in [0.3, 0.4) is 0 Å². The molecule has 3 aliphatic rings. The largest absolute Gasteiger partial charge is 0.493 e. The summed E-state index contributed by atoms with van der Waals surface area (Å²) in [4.78, 5) is 21.0. The zero-order valence-electron chi connectivity index (χ0n) is 23.1. The Kier molecular flexibility index (Phi) is 8.28. The number of carbonyl (C=O) groups is 1. The summed E-state index contributed by atoms with van der Waals surface area (Å²) < 4.78 is 26.0. The Morgan fingerprint density at radius 2 is 2.00 bits per heavy atom. The molecule has 2 atom stereocenters. The highest BCUT2D eigenvalue weighted by Gasteiger charge is 2.43. The highest BCUT2D eigenvalue weighted by molar-refractivity contribution is 5.79. The lowest BCUT2D eigenvalue weighted by Gasteiger charge is -2.30. The van der Waals surface area contributed by atoms with Crippen molar-refractivity contribution in [2.24, 2.45) is 29.2 Å². The Balaban J connectivity index is 0.990. The Bertz CT molecular complexity index is 1190. The van der Waals surface area contributed by atoms with Crippen LogP contribution in [0.25, 0.3) is 0 Å². The summed E-state index contributed by atoms with van der Waals surface area (Å²) >= 11 is 0. The second-order valence-electron chi connectivity index (χ2n) is 11.6. The van der Waals surface area contributed by atoms with Crippen LogP contribution in [0.1, 0.15) is 69.7 Å². The highest BCUT2D eigenvalue weighted by Crippen LogP contribution is 2.50. The topological polar surface area (TPSA) is 124 Å². The van der Waals surface area contributed by atoms with Crippen molar-refractivity contribution in [3.05, 3.63) is 46.8 Å². The Morgan fingerprint density at radius 3 is 2.69 bits per heavy atom. The zero-order valence-corrected chi connectivity index (χ0v) is 23.1. The molecule has 2 aromatic rings. The van der Waals surface area contributed by atoms with E-state index in [9.17, 15) is 9.18 Å². The second-order valence-corrected chi connectivity index (χ2v) is 11.6. The minimum atomic E-state index is -0.421. The van der Waals surface area contributed by atoms with E-state index in [0.29, 0.717) is 54.8 Å². The van der Waals surface area contributed by atoms with E-state index in [1.54, 1.807) is 17.0 Å². The monoisotopic (exact) mass is 540 g/mol. The van der Waals surface area contributed by atoms with Gasteiger partial charge in [-0.25, -0.2) is 4.39 Å². The summed E-state index contributed by atoms with van der Waals surface area (Å²) in [6.07, 6.45) is 6.27. The molecular formula is C29H41FN6O3. The first-order valence-corrected chi connectivity index (χ1v) is 14.3. The van der Waals surface area contributed by atoms with Gasteiger partial charge in [0, 0.05) is 49.4 Å². The Hall–Kier alpha value is -3.30. The SMILES string of the molecule is CC(C)c1noc(N2CCC([C@H]3C[C@H]3CCCOc3ccc(CC(=O)N4CCC(N)=C(N)C4)c(F)c3)CC2)n1. The van der Waals surface area contributed by atoms with Crippen LogP contribution in [0.5, 0.6) is 5.75 Å². The molecule has 3 heterocycles. The number of halogens is 1. The third-order valence-corrected chi connectivity index (χ3v) is 8.47. The number of aromatic nitrogens is 2. The predicted octanol–water partition coefficient (Wildman–Crippen LogP) is 3.95. The van der Waals surface area contributed by atoms with Crippen LogP contribution in [-0.2, 0) is 11.2 Å². The number of rotatable bonds is 10. The fourth-order valence-electron chi connectivity index (χ4n) is 5.88. The van der Waals surface area contributed by atoms with Crippen molar-refractivity contribution in [2.45, 2.75) is 64.7 Å². The van der Waals surface area contributed by atoms with Crippen molar-refractivity contribution in [3.8, 4) is 5.75 Å². The summed E-state index contributed by atoms with van der Waals surface area (Å²) in [6, 6.07) is 5.43. The number of benzene rings is 1. The molecule has 4 N–H and O–H groups in total. The molecule has 1 saturated heterocycles. The number of nitrogens with two attached hydrogens (primary N) is 2. The van der Waals surface area contributed by atoms with E-state index in [-0.39, 0.29) is 18.2 Å². The summed E-state index contributed by atoms with van der Waals surface area (Å²) in [6.45, 7) is 7.46. The molecule has 10 heteroatoms. The van der Waals surface area contributed by atoms with Crippen molar-refractivity contribution in [1.29, 1.82) is 0 Å². The number of piperidine rings is 1. The average molecular weight is 541 g/mol. The van der Waals surface area contributed by atoms with Gasteiger partial charge in [0.25, 0.3) is 0 Å². The van der Waals surface area contributed by atoms with Gasteiger partial charge in [-0.05, 0) is 61.5 Å². The zero-order chi connectivity index (χ0) is 27.5. The first-order valence-electron chi connectivity index (χ1n) is 14.3. The van der Waals surface area contributed by atoms with Crippen molar-refractivity contribution in [2.75, 3.05) is 37.7 Å². The van der Waals surface area contributed by atoms with Crippen LogP contribution in [-0.4, -0.2) is 53.7 Å². The minimum absolute atomic E-state index is 0.00477. The van der Waals surface area contributed by atoms with E-state index in [2.05, 4.69) is 28.9 Å². The lowest BCUT2D eigenvalue weighted by Crippen LogP contribution is -2.41. The average Bonchev–Trinajstić information content (AvgIpc) is 3.52. The number of hydrogen-bond acceptors (Lipinski definition) is 8. The van der Waals surface area contributed by atoms with E-state index in [1.165, 1.54) is 25.3 Å². The molecular weight excluding hydrogens is 499 g/mol. The fraction of sp³-hybridized carbons (Fsp3) is 0.621. The van der Waals surface area contributed by atoms with Gasteiger partial charge in [-0.3, -0.25) is 4.79 Å². The molecule has 1 aliphatic carbocycles. The van der Waals surface area contributed by atoms with Crippen LogP contribution in [0, 0.1) is 23.6 Å². The summed E-state index contributed by atoms with van der Waals surface area (Å²) in [7, 11) is 0.